The minimum Gasteiger partial charge on any atom is -0.496 e. The molecule has 4 rings (SSSR count). The van der Waals surface area contributed by atoms with Crippen LogP contribution in [0.2, 0.25) is 0 Å². The number of aromatic nitrogens is 4. The van der Waals surface area contributed by atoms with E-state index in [4.69, 9.17) is 9.47 Å². The molecule has 35 heavy (non-hydrogen) atoms. The molecule has 1 amide bonds. The van der Waals surface area contributed by atoms with Crippen molar-refractivity contribution in [1.29, 1.82) is 0 Å². The monoisotopic (exact) mass is 488 g/mol. The molecule has 1 N–H and O–H groups in total. The molecule has 0 atom stereocenters. The van der Waals surface area contributed by atoms with Gasteiger partial charge in [-0.2, -0.15) is 5.10 Å². The Morgan fingerprint density at radius 3 is 2.69 bits per heavy atom. The molecular formula is C25H24N6O3S. The molecule has 2 aromatic heterocycles. The summed E-state index contributed by atoms with van der Waals surface area (Å²) in [6.45, 7) is 2.52. The fourth-order valence-electron chi connectivity index (χ4n) is 3.25. The fraction of sp³-hybridized carbons (Fsp3) is 0.160. The third-order valence-electron chi connectivity index (χ3n) is 4.82. The molecule has 178 valence electrons. The third kappa shape index (κ3) is 6.04. The quantitative estimate of drug-likeness (QED) is 0.205. The van der Waals surface area contributed by atoms with Crippen LogP contribution in [0.15, 0.2) is 83.3 Å². The van der Waals surface area contributed by atoms with Gasteiger partial charge >= 0.3 is 0 Å². The van der Waals surface area contributed by atoms with Gasteiger partial charge in [0.1, 0.15) is 11.5 Å². The van der Waals surface area contributed by atoms with Crippen LogP contribution in [0, 0.1) is 0 Å². The lowest BCUT2D eigenvalue weighted by Crippen LogP contribution is -2.20. The Balaban J connectivity index is 1.50. The maximum Gasteiger partial charge on any atom is 0.250 e. The molecule has 9 nitrogen and oxygen atoms in total. The van der Waals surface area contributed by atoms with E-state index in [1.54, 1.807) is 25.7 Å². The summed E-state index contributed by atoms with van der Waals surface area (Å²) in [4.78, 5) is 16.6. The lowest BCUT2D eigenvalue weighted by molar-refractivity contribution is -0.118. The zero-order valence-corrected chi connectivity index (χ0v) is 20.1. The topological polar surface area (TPSA) is 104 Å². The zero-order valence-electron chi connectivity index (χ0n) is 19.3. The van der Waals surface area contributed by atoms with Crippen LogP contribution in [0.25, 0.3) is 17.1 Å². The Morgan fingerprint density at radius 2 is 1.94 bits per heavy atom. The Kier molecular flexibility index (Phi) is 8.08. The number of ether oxygens (including phenoxy) is 2. The molecule has 0 saturated heterocycles. The number of hydrogen-bond acceptors (Lipinski definition) is 8. The van der Waals surface area contributed by atoms with Crippen LogP contribution in [-0.4, -0.2) is 51.3 Å². The number of nitrogens with one attached hydrogen (secondary N) is 1. The van der Waals surface area contributed by atoms with Crippen LogP contribution < -0.4 is 14.9 Å². The zero-order chi connectivity index (χ0) is 24.5. The summed E-state index contributed by atoms with van der Waals surface area (Å²) in [6, 6.07) is 18.8. The second-order valence-electron chi connectivity index (χ2n) is 7.13. The number of amides is 1. The van der Waals surface area contributed by atoms with Crippen LogP contribution in [0.1, 0.15) is 12.5 Å². The molecule has 10 heteroatoms. The van der Waals surface area contributed by atoms with Gasteiger partial charge in [0.2, 0.25) is 0 Å². The molecule has 2 heterocycles. The second-order valence-corrected chi connectivity index (χ2v) is 8.08. The normalized spacial score (nSPS) is 10.9. The SMILES string of the molecule is CCOc1ccc(-n2c(SCC(=O)NN=Cc3ccccc3OC)nnc2-c2cccnc2)cc1. The number of carbonyl (C=O) groups excluding carboxylic acids is 1. The van der Waals surface area contributed by atoms with E-state index in [9.17, 15) is 4.79 Å². The fourth-order valence-corrected chi connectivity index (χ4v) is 3.99. The van der Waals surface area contributed by atoms with E-state index in [1.807, 2.05) is 72.2 Å². The number of hydrazone groups is 1. The first-order valence-corrected chi connectivity index (χ1v) is 11.8. The summed E-state index contributed by atoms with van der Waals surface area (Å²) >= 11 is 1.26. The molecule has 2 aromatic carbocycles. The van der Waals surface area contributed by atoms with E-state index in [2.05, 4.69) is 25.7 Å². The van der Waals surface area contributed by atoms with Crippen LogP contribution in [0.4, 0.5) is 0 Å². The van der Waals surface area contributed by atoms with Crippen LogP contribution in [0.5, 0.6) is 11.5 Å². The Labute approximate surface area is 207 Å². The van der Waals surface area contributed by atoms with Gasteiger partial charge in [-0.3, -0.25) is 14.3 Å². The van der Waals surface area contributed by atoms with Gasteiger partial charge in [0, 0.05) is 29.2 Å². The predicted octanol–water partition coefficient (Wildman–Crippen LogP) is 3.98. The average Bonchev–Trinajstić information content (AvgIpc) is 3.33. The smallest absolute Gasteiger partial charge is 0.250 e. The van der Waals surface area contributed by atoms with Crippen molar-refractivity contribution in [2.45, 2.75) is 12.1 Å². The number of thioether (sulfide) groups is 1. The standard InChI is InChI=1S/C25H24N6O3S/c1-3-34-21-12-10-20(11-13-21)31-24(19-8-6-14-26-15-19)29-30-25(31)35-17-23(32)28-27-16-18-7-4-5-9-22(18)33-2/h4-16H,3,17H2,1-2H3,(H,28,32). The van der Waals surface area contributed by atoms with Crippen molar-refractivity contribution in [1.82, 2.24) is 25.2 Å². The van der Waals surface area contributed by atoms with Crippen molar-refractivity contribution >= 4 is 23.9 Å². The summed E-state index contributed by atoms with van der Waals surface area (Å²) < 4.78 is 12.7. The molecular weight excluding hydrogens is 464 g/mol. The Bertz CT molecular complexity index is 1290. The maximum absolute atomic E-state index is 12.4. The molecule has 0 saturated carbocycles. The lowest BCUT2D eigenvalue weighted by Gasteiger charge is -2.11. The van der Waals surface area contributed by atoms with Crippen molar-refractivity contribution in [3.05, 3.63) is 78.6 Å². The van der Waals surface area contributed by atoms with E-state index in [0.717, 1.165) is 22.6 Å². The molecule has 0 spiro atoms. The third-order valence-corrected chi connectivity index (χ3v) is 5.75. The van der Waals surface area contributed by atoms with Gasteiger partial charge in [0.05, 0.1) is 25.7 Å². The van der Waals surface area contributed by atoms with Gasteiger partial charge < -0.3 is 9.47 Å². The highest BCUT2D eigenvalue weighted by Crippen LogP contribution is 2.28. The van der Waals surface area contributed by atoms with Gasteiger partial charge in [-0.15, -0.1) is 10.2 Å². The van der Waals surface area contributed by atoms with Crippen molar-refractivity contribution in [3.8, 4) is 28.6 Å². The maximum atomic E-state index is 12.4. The first-order chi connectivity index (χ1) is 17.2. The molecule has 0 aliphatic rings. The summed E-state index contributed by atoms with van der Waals surface area (Å²) in [5.74, 6) is 1.90. The number of hydrogen-bond donors (Lipinski definition) is 1. The minimum atomic E-state index is -0.273. The molecule has 0 unspecified atom stereocenters. The summed E-state index contributed by atoms with van der Waals surface area (Å²) in [5, 5.41) is 13.3. The molecule has 0 aliphatic carbocycles. The molecule has 0 radical (unpaired) electrons. The number of carbonyl (C=O) groups is 1. The first kappa shape index (κ1) is 24.0. The number of pyridine rings is 1. The lowest BCUT2D eigenvalue weighted by atomic mass is 10.2. The van der Waals surface area contributed by atoms with Crippen molar-refractivity contribution < 1.29 is 14.3 Å². The number of rotatable bonds is 10. The van der Waals surface area contributed by atoms with Gasteiger partial charge in [-0.05, 0) is 55.5 Å². The summed E-state index contributed by atoms with van der Waals surface area (Å²) in [6.07, 6.45) is 4.97. The molecule has 4 aromatic rings. The minimum absolute atomic E-state index is 0.103. The molecule has 0 fully saturated rings. The van der Waals surface area contributed by atoms with E-state index in [0.29, 0.717) is 23.3 Å². The van der Waals surface area contributed by atoms with E-state index in [-0.39, 0.29) is 11.7 Å². The summed E-state index contributed by atoms with van der Waals surface area (Å²) in [7, 11) is 1.59. The number of para-hydroxylation sites is 1. The Morgan fingerprint density at radius 1 is 1.11 bits per heavy atom. The highest BCUT2D eigenvalue weighted by molar-refractivity contribution is 7.99. The highest BCUT2D eigenvalue weighted by Gasteiger charge is 2.17. The van der Waals surface area contributed by atoms with Gasteiger partial charge in [-0.1, -0.05) is 23.9 Å². The van der Waals surface area contributed by atoms with Crippen LogP contribution >= 0.6 is 11.8 Å². The van der Waals surface area contributed by atoms with Crippen LogP contribution in [0.3, 0.4) is 0 Å². The van der Waals surface area contributed by atoms with Crippen LogP contribution in [-0.2, 0) is 4.79 Å². The van der Waals surface area contributed by atoms with Crippen molar-refractivity contribution in [3.63, 3.8) is 0 Å². The predicted molar refractivity (Wildman–Crippen MR) is 135 cm³/mol. The van der Waals surface area contributed by atoms with Gasteiger partial charge in [0.15, 0.2) is 11.0 Å². The summed E-state index contributed by atoms with van der Waals surface area (Å²) in [5.41, 5.74) is 4.96. The van der Waals surface area contributed by atoms with Crippen molar-refractivity contribution in [2.24, 2.45) is 5.10 Å². The Hall–Kier alpha value is -4.18. The van der Waals surface area contributed by atoms with Gasteiger partial charge in [0.25, 0.3) is 5.91 Å². The number of benzene rings is 2. The second kappa shape index (κ2) is 11.8. The first-order valence-electron chi connectivity index (χ1n) is 10.9. The van der Waals surface area contributed by atoms with E-state index < -0.39 is 0 Å². The highest BCUT2D eigenvalue weighted by atomic mass is 32.2. The van der Waals surface area contributed by atoms with E-state index >= 15 is 0 Å². The average molecular weight is 489 g/mol. The number of methoxy groups -OCH3 is 1. The van der Waals surface area contributed by atoms with Gasteiger partial charge in [-0.25, -0.2) is 5.43 Å². The molecule has 0 aliphatic heterocycles. The molecule has 0 bridgehead atoms. The van der Waals surface area contributed by atoms with E-state index in [1.165, 1.54) is 11.8 Å². The largest absolute Gasteiger partial charge is 0.496 e. The number of nitrogens with zero attached hydrogens (tertiary/aromatic N) is 5. The van der Waals surface area contributed by atoms with Crippen molar-refractivity contribution in [2.75, 3.05) is 19.5 Å².